The van der Waals surface area contributed by atoms with Gasteiger partial charge in [-0.1, -0.05) is 0 Å². The van der Waals surface area contributed by atoms with Crippen LogP contribution in [0.3, 0.4) is 0 Å². The normalized spacial score (nSPS) is 24.0. The fourth-order valence-electron chi connectivity index (χ4n) is 0.929. The number of rotatable bonds is 0. The third-order valence-electron chi connectivity index (χ3n) is 1.67. The SMILES string of the molecule is C1OCOCOCOCOCOCOCOCOCO1. The van der Waals surface area contributed by atoms with Gasteiger partial charge in [0.25, 0.3) is 0 Å². The largest absolute Gasteiger partial charge is 0.329 e. The first-order valence-corrected chi connectivity index (χ1v) is 5.77. The minimum atomic E-state index is 0.0364. The molecule has 0 saturated carbocycles. The highest BCUT2D eigenvalue weighted by atomic mass is 16.8. The monoisotopic (exact) mass is 300 g/mol. The van der Waals surface area contributed by atoms with Crippen molar-refractivity contribution < 1.29 is 47.4 Å². The average molecular weight is 300 g/mol. The maximum absolute atomic E-state index is 4.96. The van der Waals surface area contributed by atoms with Crippen LogP contribution in [-0.4, -0.2) is 67.9 Å². The van der Waals surface area contributed by atoms with E-state index >= 15 is 0 Å². The molecule has 1 heterocycles. The van der Waals surface area contributed by atoms with E-state index in [2.05, 4.69) is 0 Å². The fraction of sp³-hybridized carbons (Fsp3) is 1.00. The Morgan fingerprint density at radius 3 is 0.400 bits per heavy atom. The maximum atomic E-state index is 4.96. The van der Waals surface area contributed by atoms with Gasteiger partial charge < -0.3 is 47.4 Å². The lowest BCUT2D eigenvalue weighted by atomic mass is 11.2. The van der Waals surface area contributed by atoms with Crippen LogP contribution in [0.5, 0.6) is 0 Å². The van der Waals surface area contributed by atoms with Crippen molar-refractivity contribution in [1.29, 1.82) is 0 Å². The molecule has 20 heavy (non-hydrogen) atoms. The first kappa shape index (κ1) is 17.7. The zero-order valence-corrected chi connectivity index (χ0v) is 11.2. The lowest BCUT2D eigenvalue weighted by Gasteiger charge is -2.10. The van der Waals surface area contributed by atoms with Crippen molar-refractivity contribution in [3.63, 3.8) is 0 Å². The van der Waals surface area contributed by atoms with E-state index in [1.165, 1.54) is 0 Å². The van der Waals surface area contributed by atoms with Gasteiger partial charge in [0.1, 0.15) is 0 Å². The molecule has 10 nitrogen and oxygen atoms in total. The molecule has 120 valence electrons. The van der Waals surface area contributed by atoms with Gasteiger partial charge >= 0.3 is 0 Å². The van der Waals surface area contributed by atoms with Crippen LogP contribution in [0.15, 0.2) is 0 Å². The van der Waals surface area contributed by atoms with E-state index in [-0.39, 0.29) is 67.9 Å². The van der Waals surface area contributed by atoms with Gasteiger partial charge in [0.05, 0.1) is 0 Å². The number of ether oxygens (including phenoxy) is 10. The van der Waals surface area contributed by atoms with Crippen molar-refractivity contribution in [3.8, 4) is 0 Å². The summed E-state index contributed by atoms with van der Waals surface area (Å²) in [6, 6.07) is 0. The van der Waals surface area contributed by atoms with Gasteiger partial charge in [-0.05, 0) is 0 Å². The van der Waals surface area contributed by atoms with Crippen LogP contribution < -0.4 is 0 Å². The summed E-state index contributed by atoms with van der Waals surface area (Å²) in [4.78, 5) is 0. The van der Waals surface area contributed by atoms with E-state index in [0.29, 0.717) is 0 Å². The van der Waals surface area contributed by atoms with Crippen LogP contribution in [0, 0.1) is 0 Å². The Morgan fingerprint density at radius 1 is 0.200 bits per heavy atom. The fourth-order valence-corrected chi connectivity index (χ4v) is 0.929. The summed E-state index contributed by atoms with van der Waals surface area (Å²) < 4.78 is 49.6. The number of hydrogen-bond acceptors (Lipinski definition) is 10. The van der Waals surface area contributed by atoms with E-state index < -0.39 is 0 Å². The molecule has 0 aromatic carbocycles. The molecule has 0 aromatic rings. The molecule has 0 atom stereocenters. The van der Waals surface area contributed by atoms with Crippen molar-refractivity contribution in [2.45, 2.75) is 0 Å². The molecule has 0 bridgehead atoms. The lowest BCUT2D eigenvalue weighted by Crippen LogP contribution is -2.14. The van der Waals surface area contributed by atoms with Crippen molar-refractivity contribution >= 4 is 0 Å². The summed E-state index contributed by atoms with van der Waals surface area (Å²) in [5.41, 5.74) is 0. The molecular formula is C10H20O10. The molecule has 1 aliphatic heterocycles. The second kappa shape index (κ2) is 15.0. The highest BCUT2D eigenvalue weighted by Gasteiger charge is 1.94. The molecule has 0 aliphatic carbocycles. The zero-order valence-electron chi connectivity index (χ0n) is 11.2. The van der Waals surface area contributed by atoms with Crippen LogP contribution in [-0.2, 0) is 47.4 Å². The quantitative estimate of drug-likeness (QED) is 0.595. The van der Waals surface area contributed by atoms with Crippen molar-refractivity contribution in [2.75, 3.05) is 67.9 Å². The smallest absolute Gasteiger partial charge is 0.152 e. The van der Waals surface area contributed by atoms with E-state index in [0.717, 1.165) is 0 Å². The summed E-state index contributed by atoms with van der Waals surface area (Å²) in [5, 5.41) is 0. The van der Waals surface area contributed by atoms with Gasteiger partial charge in [0.15, 0.2) is 67.9 Å². The average Bonchev–Trinajstić information content (AvgIpc) is 2.46. The molecule has 1 saturated heterocycles. The zero-order chi connectivity index (χ0) is 14.1. The third-order valence-corrected chi connectivity index (χ3v) is 1.67. The minimum Gasteiger partial charge on any atom is -0.329 e. The van der Waals surface area contributed by atoms with Crippen molar-refractivity contribution in [3.05, 3.63) is 0 Å². The Morgan fingerprint density at radius 2 is 0.300 bits per heavy atom. The molecule has 1 fully saturated rings. The Labute approximate surface area is 116 Å². The molecule has 0 amide bonds. The predicted molar refractivity (Wildman–Crippen MR) is 59.5 cm³/mol. The van der Waals surface area contributed by atoms with Crippen LogP contribution >= 0.6 is 0 Å². The van der Waals surface area contributed by atoms with Gasteiger partial charge in [-0.15, -0.1) is 0 Å². The highest BCUT2D eigenvalue weighted by Crippen LogP contribution is 1.88. The van der Waals surface area contributed by atoms with E-state index in [4.69, 9.17) is 47.4 Å². The summed E-state index contributed by atoms with van der Waals surface area (Å²) in [6.45, 7) is 0.364. The van der Waals surface area contributed by atoms with E-state index in [1.54, 1.807) is 0 Å². The van der Waals surface area contributed by atoms with Crippen molar-refractivity contribution in [1.82, 2.24) is 0 Å². The van der Waals surface area contributed by atoms with E-state index in [9.17, 15) is 0 Å². The second-order valence-electron chi connectivity index (χ2n) is 3.22. The molecule has 0 aromatic heterocycles. The first-order chi connectivity index (χ1) is 10.0. The van der Waals surface area contributed by atoms with E-state index in [1.807, 2.05) is 0 Å². The molecule has 10 heteroatoms. The molecule has 0 unspecified atom stereocenters. The van der Waals surface area contributed by atoms with Gasteiger partial charge in [-0.3, -0.25) is 0 Å². The predicted octanol–water partition coefficient (Wildman–Crippen LogP) is -0.259. The molecule has 0 spiro atoms. The van der Waals surface area contributed by atoms with Gasteiger partial charge in [-0.2, -0.15) is 0 Å². The van der Waals surface area contributed by atoms with Crippen LogP contribution in [0.2, 0.25) is 0 Å². The summed E-state index contributed by atoms with van der Waals surface area (Å²) in [6.07, 6.45) is 0. The van der Waals surface area contributed by atoms with Gasteiger partial charge in [0, 0.05) is 0 Å². The molecule has 0 radical (unpaired) electrons. The standard InChI is InChI=1S/C10H20O10/c1-11-2-13-4-15-6-17-8-19-10-20-9-18-7-16-5-14-3-12-1/h1-10H2. The Hall–Kier alpha value is -0.400. The topological polar surface area (TPSA) is 92.3 Å². The summed E-state index contributed by atoms with van der Waals surface area (Å²) in [7, 11) is 0. The molecule has 1 aliphatic rings. The minimum absolute atomic E-state index is 0.0364. The Bertz CT molecular complexity index is 106. The van der Waals surface area contributed by atoms with Crippen LogP contribution in [0.4, 0.5) is 0 Å². The lowest BCUT2D eigenvalue weighted by molar-refractivity contribution is -0.246. The first-order valence-electron chi connectivity index (χ1n) is 5.77. The number of hydrogen-bond donors (Lipinski definition) is 0. The summed E-state index contributed by atoms with van der Waals surface area (Å²) in [5.74, 6) is 0. The van der Waals surface area contributed by atoms with Gasteiger partial charge in [-0.25, -0.2) is 0 Å². The third kappa shape index (κ3) is 12.6. The molecular weight excluding hydrogens is 280 g/mol. The molecule has 0 N–H and O–H groups in total. The molecule has 1 rings (SSSR count). The van der Waals surface area contributed by atoms with Crippen LogP contribution in [0.25, 0.3) is 0 Å². The van der Waals surface area contributed by atoms with Gasteiger partial charge in [0.2, 0.25) is 0 Å². The van der Waals surface area contributed by atoms with Crippen LogP contribution in [0.1, 0.15) is 0 Å². The Kier molecular flexibility index (Phi) is 13.2. The van der Waals surface area contributed by atoms with Crippen molar-refractivity contribution in [2.24, 2.45) is 0 Å². The summed E-state index contributed by atoms with van der Waals surface area (Å²) >= 11 is 0. The highest BCUT2D eigenvalue weighted by molar-refractivity contribution is 4.10. The maximum Gasteiger partial charge on any atom is 0.152 e. The second-order valence-corrected chi connectivity index (χ2v) is 3.22. The Balaban J connectivity index is 2.00.